The summed E-state index contributed by atoms with van der Waals surface area (Å²) in [5, 5.41) is 6.24. The minimum Gasteiger partial charge on any atom is -0.493 e. The first-order valence-electron chi connectivity index (χ1n) is 10.0. The number of guanidine groups is 1. The molecule has 0 spiro atoms. The SMILES string of the molecule is CCNC(=NCc1cccc(OC)c1OC1CCCC1)NCCS(=O)(=O)CC.I. The number of methoxy groups -OCH3 is 1. The van der Waals surface area contributed by atoms with E-state index < -0.39 is 9.84 Å². The third-order valence-corrected chi connectivity index (χ3v) is 6.47. The van der Waals surface area contributed by atoms with E-state index in [9.17, 15) is 8.42 Å². The summed E-state index contributed by atoms with van der Waals surface area (Å²) in [5.74, 6) is 2.29. The average molecular weight is 539 g/mol. The average Bonchev–Trinajstić information content (AvgIpc) is 3.20. The first-order chi connectivity index (χ1) is 13.5. The number of nitrogens with one attached hydrogen (secondary N) is 2. The summed E-state index contributed by atoms with van der Waals surface area (Å²) < 4.78 is 35.1. The van der Waals surface area contributed by atoms with Crippen LogP contribution in [0.25, 0.3) is 0 Å². The van der Waals surface area contributed by atoms with Crippen molar-refractivity contribution in [3.05, 3.63) is 23.8 Å². The normalized spacial score (nSPS) is 14.9. The van der Waals surface area contributed by atoms with Crippen molar-refractivity contribution in [2.75, 3.05) is 31.7 Å². The molecule has 0 amide bonds. The van der Waals surface area contributed by atoms with Crippen LogP contribution in [0.15, 0.2) is 23.2 Å². The molecule has 0 unspecified atom stereocenters. The highest BCUT2D eigenvalue weighted by Crippen LogP contribution is 2.35. The Morgan fingerprint density at radius 2 is 1.93 bits per heavy atom. The van der Waals surface area contributed by atoms with Gasteiger partial charge in [-0.25, -0.2) is 13.4 Å². The summed E-state index contributed by atoms with van der Waals surface area (Å²) in [6, 6.07) is 5.82. The molecule has 0 aliphatic heterocycles. The van der Waals surface area contributed by atoms with Crippen LogP contribution in [0.4, 0.5) is 0 Å². The van der Waals surface area contributed by atoms with E-state index in [0.717, 1.165) is 24.2 Å². The van der Waals surface area contributed by atoms with Crippen LogP contribution in [0.1, 0.15) is 45.1 Å². The number of sulfone groups is 1. The molecule has 0 heterocycles. The molecule has 1 aromatic rings. The zero-order chi connectivity index (χ0) is 20.4. The van der Waals surface area contributed by atoms with E-state index in [2.05, 4.69) is 15.6 Å². The molecule has 1 saturated carbocycles. The van der Waals surface area contributed by atoms with Crippen molar-refractivity contribution < 1.29 is 17.9 Å². The lowest BCUT2D eigenvalue weighted by molar-refractivity contribution is 0.198. The van der Waals surface area contributed by atoms with Crippen LogP contribution >= 0.6 is 24.0 Å². The van der Waals surface area contributed by atoms with Gasteiger partial charge in [0.2, 0.25) is 0 Å². The summed E-state index contributed by atoms with van der Waals surface area (Å²) in [4.78, 5) is 4.60. The molecule has 9 heteroatoms. The molecule has 0 aromatic heterocycles. The maximum atomic E-state index is 11.7. The van der Waals surface area contributed by atoms with E-state index in [0.29, 0.717) is 31.3 Å². The minimum atomic E-state index is -3.01. The van der Waals surface area contributed by atoms with Gasteiger partial charge >= 0.3 is 0 Å². The molecule has 2 N–H and O–H groups in total. The van der Waals surface area contributed by atoms with Crippen LogP contribution in [0.2, 0.25) is 0 Å². The quantitative estimate of drug-likeness (QED) is 0.270. The van der Waals surface area contributed by atoms with Crippen LogP contribution in [0.5, 0.6) is 11.5 Å². The molecule has 0 saturated heterocycles. The highest BCUT2D eigenvalue weighted by molar-refractivity contribution is 14.0. The molecule has 1 fully saturated rings. The van der Waals surface area contributed by atoms with Gasteiger partial charge < -0.3 is 20.1 Å². The molecule has 0 bridgehead atoms. The monoisotopic (exact) mass is 539 g/mol. The first kappa shape index (κ1) is 25.8. The van der Waals surface area contributed by atoms with Crippen LogP contribution in [0.3, 0.4) is 0 Å². The summed E-state index contributed by atoms with van der Waals surface area (Å²) >= 11 is 0. The second kappa shape index (κ2) is 13.1. The van der Waals surface area contributed by atoms with Gasteiger partial charge in [-0.3, -0.25) is 0 Å². The number of rotatable bonds is 10. The Labute approximate surface area is 192 Å². The van der Waals surface area contributed by atoms with Crippen molar-refractivity contribution in [3.8, 4) is 11.5 Å². The van der Waals surface area contributed by atoms with E-state index in [1.807, 2.05) is 25.1 Å². The van der Waals surface area contributed by atoms with Gasteiger partial charge in [0.25, 0.3) is 0 Å². The van der Waals surface area contributed by atoms with Gasteiger partial charge in [0, 0.05) is 24.4 Å². The number of para-hydroxylation sites is 1. The molecule has 1 aromatic carbocycles. The number of nitrogens with zero attached hydrogens (tertiary/aromatic N) is 1. The van der Waals surface area contributed by atoms with Crippen molar-refractivity contribution in [2.45, 2.75) is 52.2 Å². The second-order valence-corrected chi connectivity index (χ2v) is 9.30. The zero-order valence-corrected chi connectivity index (χ0v) is 20.7. The molecule has 166 valence electrons. The predicted molar refractivity (Wildman–Crippen MR) is 128 cm³/mol. The van der Waals surface area contributed by atoms with E-state index in [-0.39, 0.29) is 41.6 Å². The summed E-state index contributed by atoms with van der Waals surface area (Å²) in [6.07, 6.45) is 4.75. The van der Waals surface area contributed by atoms with E-state index in [1.54, 1.807) is 14.0 Å². The highest BCUT2D eigenvalue weighted by Gasteiger charge is 2.20. The summed E-state index contributed by atoms with van der Waals surface area (Å²) in [6.45, 7) is 5.06. The maximum absolute atomic E-state index is 11.7. The van der Waals surface area contributed by atoms with Crippen LogP contribution in [-0.2, 0) is 16.4 Å². The van der Waals surface area contributed by atoms with Crippen LogP contribution < -0.4 is 20.1 Å². The predicted octanol–water partition coefficient (Wildman–Crippen LogP) is 3.12. The maximum Gasteiger partial charge on any atom is 0.191 e. The van der Waals surface area contributed by atoms with Crippen molar-refractivity contribution in [1.29, 1.82) is 0 Å². The molecule has 1 aliphatic carbocycles. The van der Waals surface area contributed by atoms with Crippen molar-refractivity contribution >= 4 is 39.8 Å². The second-order valence-electron chi connectivity index (χ2n) is 6.83. The Morgan fingerprint density at radius 1 is 1.21 bits per heavy atom. The van der Waals surface area contributed by atoms with Gasteiger partial charge in [0.15, 0.2) is 27.3 Å². The summed E-state index contributed by atoms with van der Waals surface area (Å²) in [5.41, 5.74) is 0.949. The van der Waals surface area contributed by atoms with Crippen molar-refractivity contribution in [2.24, 2.45) is 4.99 Å². The van der Waals surface area contributed by atoms with Gasteiger partial charge in [-0.05, 0) is 38.7 Å². The van der Waals surface area contributed by atoms with E-state index >= 15 is 0 Å². The van der Waals surface area contributed by atoms with Gasteiger partial charge in [-0.15, -0.1) is 24.0 Å². The van der Waals surface area contributed by atoms with Gasteiger partial charge in [-0.1, -0.05) is 19.1 Å². The summed E-state index contributed by atoms with van der Waals surface area (Å²) in [7, 11) is -1.37. The van der Waals surface area contributed by atoms with Gasteiger partial charge in [0.1, 0.15) is 0 Å². The minimum absolute atomic E-state index is 0. The Morgan fingerprint density at radius 3 is 2.55 bits per heavy atom. The molecule has 0 atom stereocenters. The zero-order valence-electron chi connectivity index (χ0n) is 17.6. The van der Waals surface area contributed by atoms with Gasteiger partial charge in [0.05, 0.1) is 25.5 Å². The molecular weight excluding hydrogens is 505 g/mol. The number of aliphatic imine (C=N–C) groups is 1. The number of hydrogen-bond acceptors (Lipinski definition) is 5. The standard InChI is InChI=1S/C20H33N3O4S.HI/c1-4-21-20(22-13-14-28(24,25)5-2)23-15-16-9-8-12-18(26-3)19(16)27-17-10-6-7-11-17;/h8-9,12,17H,4-7,10-11,13-15H2,1-3H3,(H2,21,22,23);1H. The number of hydrogen-bond donors (Lipinski definition) is 2. The Hall–Kier alpha value is -1.23. The smallest absolute Gasteiger partial charge is 0.191 e. The molecular formula is C20H34IN3O4S. The van der Waals surface area contributed by atoms with E-state index in [4.69, 9.17) is 9.47 Å². The fourth-order valence-electron chi connectivity index (χ4n) is 3.13. The van der Waals surface area contributed by atoms with Crippen LogP contribution in [0, 0.1) is 0 Å². The number of ether oxygens (including phenoxy) is 2. The fraction of sp³-hybridized carbons (Fsp3) is 0.650. The lowest BCUT2D eigenvalue weighted by Gasteiger charge is -2.19. The topological polar surface area (TPSA) is 89.0 Å². The molecule has 2 rings (SSSR count). The van der Waals surface area contributed by atoms with Crippen LogP contribution in [-0.4, -0.2) is 52.2 Å². The number of benzene rings is 1. The Bertz CT molecular complexity index is 750. The first-order valence-corrected chi connectivity index (χ1v) is 11.9. The molecule has 0 radical (unpaired) electrons. The fourth-order valence-corrected chi connectivity index (χ4v) is 3.83. The third kappa shape index (κ3) is 8.57. The van der Waals surface area contributed by atoms with Crippen molar-refractivity contribution in [3.63, 3.8) is 0 Å². The number of halogens is 1. The lowest BCUT2D eigenvalue weighted by Crippen LogP contribution is -2.39. The van der Waals surface area contributed by atoms with Crippen molar-refractivity contribution in [1.82, 2.24) is 10.6 Å². The Balaban J connectivity index is 0.00000420. The third-order valence-electron chi connectivity index (χ3n) is 4.76. The Kier molecular flexibility index (Phi) is 11.7. The molecule has 29 heavy (non-hydrogen) atoms. The highest BCUT2D eigenvalue weighted by atomic mass is 127. The van der Waals surface area contributed by atoms with Gasteiger partial charge in [-0.2, -0.15) is 0 Å². The molecule has 1 aliphatic rings. The largest absolute Gasteiger partial charge is 0.493 e. The molecule has 7 nitrogen and oxygen atoms in total. The lowest BCUT2D eigenvalue weighted by atomic mass is 10.1. The van der Waals surface area contributed by atoms with E-state index in [1.165, 1.54) is 12.8 Å².